The number of ether oxygens (including phenoxy) is 1. The van der Waals surface area contributed by atoms with Crippen molar-refractivity contribution in [2.75, 3.05) is 76.3 Å². The summed E-state index contributed by atoms with van der Waals surface area (Å²) in [6, 6.07) is 10.4. The van der Waals surface area contributed by atoms with Gasteiger partial charge in [-0.3, -0.25) is 9.89 Å². The summed E-state index contributed by atoms with van der Waals surface area (Å²) in [4.78, 5) is 20.2. The summed E-state index contributed by atoms with van der Waals surface area (Å²) in [7, 11) is 3.56. The standard InChI is InChI=1S/C23H34N8O.HI/c1-24-22(28-19-8-12-31(18-19)20-6-3-4-7-21(20)32-2)25-11-13-29-14-16-30(17-15-29)23-26-9-5-10-27-23;/h3-7,9-10,19H,8,11-18H2,1-2H3,(H2,24,25,28);1H. The van der Waals surface area contributed by atoms with Gasteiger partial charge in [0.25, 0.3) is 0 Å². The highest BCUT2D eigenvalue weighted by Crippen LogP contribution is 2.30. The molecule has 9 nitrogen and oxygen atoms in total. The van der Waals surface area contributed by atoms with Gasteiger partial charge in [0.05, 0.1) is 12.8 Å². The molecule has 1 atom stereocenters. The van der Waals surface area contributed by atoms with E-state index in [-0.39, 0.29) is 24.0 Å². The van der Waals surface area contributed by atoms with Gasteiger partial charge in [0.2, 0.25) is 5.95 Å². The number of hydrogen-bond donors (Lipinski definition) is 2. The van der Waals surface area contributed by atoms with Crippen LogP contribution in [-0.2, 0) is 0 Å². The van der Waals surface area contributed by atoms with Gasteiger partial charge in [-0.25, -0.2) is 9.97 Å². The maximum Gasteiger partial charge on any atom is 0.225 e. The number of halogens is 1. The van der Waals surface area contributed by atoms with Gasteiger partial charge in [-0.2, -0.15) is 0 Å². The van der Waals surface area contributed by atoms with Gasteiger partial charge >= 0.3 is 0 Å². The van der Waals surface area contributed by atoms with Crippen molar-refractivity contribution in [2.24, 2.45) is 4.99 Å². The molecule has 2 N–H and O–H groups in total. The Morgan fingerprint density at radius 2 is 1.82 bits per heavy atom. The lowest BCUT2D eigenvalue weighted by Crippen LogP contribution is -2.50. The summed E-state index contributed by atoms with van der Waals surface area (Å²) >= 11 is 0. The summed E-state index contributed by atoms with van der Waals surface area (Å²) in [5, 5.41) is 7.06. The lowest BCUT2D eigenvalue weighted by molar-refractivity contribution is 0.260. The normalized spacial score (nSPS) is 19.2. The Bertz CT molecular complexity index is 876. The molecule has 2 fully saturated rings. The molecule has 2 aliphatic heterocycles. The minimum atomic E-state index is 0. The van der Waals surface area contributed by atoms with Gasteiger partial charge < -0.3 is 25.2 Å². The number of aliphatic imine (C=N–C) groups is 1. The van der Waals surface area contributed by atoms with Gasteiger partial charge in [-0.05, 0) is 24.6 Å². The van der Waals surface area contributed by atoms with Crippen LogP contribution in [0, 0.1) is 0 Å². The highest BCUT2D eigenvalue weighted by atomic mass is 127. The SMILES string of the molecule is CN=C(NCCN1CCN(c2ncccn2)CC1)NC1CCN(c2ccccc2OC)C1.I. The third kappa shape index (κ3) is 6.83. The fourth-order valence-electron chi connectivity index (χ4n) is 4.33. The van der Waals surface area contributed by atoms with Gasteiger partial charge in [-0.15, -0.1) is 24.0 Å². The van der Waals surface area contributed by atoms with Crippen LogP contribution in [0.2, 0.25) is 0 Å². The second-order valence-corrected chi connectivity index (χ2v) is 8.12. The summed E-state index contributed by atoms with van der Waals surface area (Å²) in [6.07, 6.45) is 4.68. The van der Waals surface area contributed by atoms with Crippen LogP contribution in [-0.4, -0.2) is 93.4 Å². The molecule has 33 heavy (non-hydrogen) atoms. The van der Waals surface area contributed by atoms with Crippen molar-refractivity contribution in [1.82, 2.24) is 25.5 Å². The maximum atomic E-state index is 5.52. The lowest BCUT2D eigenvalue weighted by Gasteiger charge is -2.34. The number of rotatable bonds is 7. The molecule has 2 aliphatic rings. The van der Waals surface area contributed by atoms with Crippen molar-refractivity contribution in [3.63, 3.8) is 0 Å². The van der Waals surface area contributed by atoms with Gasteiger partial charge in [-0.1, -0.05) is 12.1 Å². The average molecular weight is 566 g/mol. The van der Waals surface area contributed by atoms with E-state index in [1.54, 1.807) is 19.5 Å². The molecule has 2 aromatic rings. The maximum absolute atomic E-state index is 5.52. The van der Waals surface area contributed by atoms with E-state index >= 15 is 0 Å². The van der Waals surface area contributed by atoms with Gasteiger partial charge in [0.1, 0.15) is 5.75 Å². The molecule has 0 radical (unpaired) electrons. The molecule has 10 heteroatoms. The van der Waals surface area contributed by atoms with Crippen LogP contribution in [0.5, 0.6) is 5.75 Å². The Kier molecular flexibility index (Phi) is 9.79. The largest absolute Gasteiger partial charge is 0.495 e. The van der Waals surface area contributed by atoms with Crippen molar-refractivity contribution >= 4 is 41.6 Å². The quantitative estimate of drug-likeness (QED) is 0.298. The number of para-hydroxylation sites is 2. The molecular weight excluding hydrogens is 531 g/mol. The molecule has 0 amide bonds. The van der Waals surface area contributed by atoms with Crippen LogP contribution in [0.25, 0.3) is 0 Å². The lowest BCUT2D eigenvalue weighted by atomic mass is 10.2. The highest BCUT2D eigenvalue weighted by Gasteiger charge is 2.25. The molecular formula is C23H35IN8O. The molecule has 1 aromatic carbocycles. The molecule has 3 heterocycles. The minimum Gasteiger partial charge on any atom is -0.495 e. The highest BCUT2D eigenvalue weighted by molar-refractivity contribution is 14.0. The number of methoxy groups -OCH3 is 1. The Morgan fingerprint density at radius 3 is 2.55 bits per heavy atom. The van der Waals surface area contributed by atoms with E-state index in [4.69, 9.17) is 4.74 Å². The number of aromatic nitrogens is 2. The third-order valence-electron chi connectivity index (χ3n) is 6.11. The Hall–Kier alpha value is -2.34. The second-order valence-electron chi connectivity index (χ2n) is 8.12. The van der Waals surface area contributed by atoms with Crippen LogP contribution in [0.1, 0.15) is 6.42 Å². The first-order valence-corrected chi connectivity index (χ1v) is 11.4. The molecule has 4 rings (SSSR count). The zero-order valence-electron chi connectivity index (χ0n) is 19.5. The molecule has 0 spiro atoms. The van der Waals surface area contributed by atoms with E-state index < -0.39 is 0 Å². The van der Waals surface area contributed by atoms with Gasteiger partial charge in [0, 0.05) is 77.8 Å². The number of anilines is 2. The summed E-state index contributed by atoms with van der Waals surface area (Å²) in [5.74, 6) is 2.62. The van der Waals surface area contributed by atoms with Crippen LogP contribution < -0.4 is 25.2 Å². The number of nitrogens with one attached hydrogen (secondary N) is 2. The van der Waals surface area contributed by atoms with Crippen molar-refractivity contribution in [1.29, 1.82) is 0 Å². The van der Waals surface area contributed by atoms with E-state index in [9.17, 15) is 0 Å². The Balaban J connectivity index is 0.00000306. The Morgan fingerprint density at radius 1 is 1.06 bits per heavy atom. The predicted octanol–water partition coefficient (Wildman–Crippen LogP) is 1.67. The smallest absolute Gasteiger partial charge is 0.225 e. The monoisotopic (exact) mass is 566 g/mol. The second kappa shape index (κ2) is 12.8. The van der Waals surface area contributed by atoms with E-state index in [0.717, 1.165) is 82.1 Å². The van der Waals surface area contributed by atoms with E-state index in [2.05, 4.69) is 52.4 Å². The first-order valence-electron chi connectivity index (χ1n) is 11.4. The predicted molar refractivity (Wildman–Crippen MR) is 144 cm³/mol. The third-order valence-corrected chi connectivity index (χ3v) is 6.11. The average Bonchev–Trinajstić information content (AvgIpc) is 3.32. The van der Waals surface area contributed by atoms with Crippen molar-refractivity contribution in [2.45, 2.75) is 12.5 Å². The summed E-state index contributed by atoms with van der Waals surface area (Å²) < 4.78 is 5.52. The molecule has 0 saturated carbocycles. The fourth-order valence-corrected chi connectivity index (χ4v) is 4.33. The molecule has 180 valence electrons. The first kappa shape index (κ1) is 25.3. The topological polar surface area (TPSA) is 81.2 Å². The zero-order valence-corrected chi connectivity index (χ0v) is 21.8. The van der Waals surface area contributed by atoms with Crippen molar-refractivity contribution < 1.29 is 4.74 Å². The van der Waals surface area contributed by atoms with Crippen LogP contribution in [0.3, 0.4) is 0 Å². The van der Waals surface area contributed by atoms with Crippen LogP contribution in [0.15, 0.2) is 47.7 Å². The first-order chi connectivity index (χ1) is 15.8. The molecule has 2 saturated heterocycles. The van der Waals surface area contributed by atoms with Crippen LogP contribution >= 0.6 is 24.0 Å². The molecule has 0 bridgehead atoms. The van der Waals surface area contributed by atoms with Crippen molar-refractivity contribution in [3.05, 3.63) is 42.7 Å². The Labute approximate surface area is 213 Å². The number of nitrogens with zero attached hydrogens (tertiary/aromatic N) is 6. The van der Waals surface area contributed by atoms with Crippen LogP contribution in [0.4, 0.5) is 11.6 Å². The number of piperazine rings is 1. The molecule has 0 aliphatic carbocycles. The number of guanidine groups is 1. The van der Waals surface area contributed by atoms with Crippen molar-refractivity contribution in [3.8, 4) is 5.75 Å². The molecule has 1 aromatic heterocycles. The van der Waals surface area contributed by atoms with E-state index in [0.29, 0.717) is 6.04 Å². The van der Waals surface area contributed by atoms with Gasteiger partial charge in [0.15, 0.2) is 5.96 Å². The van der Waals surface area contributed by atoms with E-state index in [1.807, 2.05) is 25.2 Å². The summed E-state index contributed by atoms with van der Waals surface area (Å²) in [6.45, 7) is 7.74. The minimum absolute atomic E-state index is 0. The zero-order chi connectivity index (χ0) is 22.2. The summed E-state index contributed by atoms with van der Waals surface area (Å²) in [5.41, 5.74) is 1.15. The number of hydrogen-bond acceptors (Lipinski definition) is 7. The number of benzene rings is 1. The van der Waals surface area contributed by atoms with E-state index in [1.165, 1.54) is 0 Å². The fraction of sp³-hybridized carbons (Fsp3) is 0.522. The molecule has 1 unspecified atom stereocenters.